The number of hydrogen-bond acceptors (Lipinski definition) is 2. The molecule has 1 aliphatic rings. The van der Waals surface area contributed by atoms with E-state index in [1.165, 1.54) is 0 Å². The third-order valence-corrected chi connectivity index (χ3v) is 4.69. The van der Waals surface area contributed by atoms with Gasteiger partial charge in [-0.15, -0.1) is 0 Å². The molecule has 0 radical (unpaired) electrons. The summed E-state index contributed by atoms with van der Waals surface area (Å²) in [6.07, 6.45) is 0. The minimum Gasteiger partial charge on any atom is -0.353 e. The topological polar surface area (TPSA) is 32.3 Å². The van der Waals surface area contributed by atoms with Crippen molar-refractivity contribution in [2.24, 2.45) is 17.3 Å². The van der Waals surface area contributed by atoms with Crippen LogP contribution in [0.2, 0.25) is 0 Å². The van der Waals surface area contributed by atoms with Crippen LogP contribution in [-0.2, 0) is 4.79 Å². The Morgan fingerprint density at radius 3 is 1.95 bits per heavy atom. The molecular weight excluding hydrogens is 236 g/mol. The van der Waals surface area contributed by atoms with Crippen molar-refractivity contribution in [1.29, 1.82) is 0 Å². The zero-order valence-electron chi connectivity index (χ0n) is 14.0. The highest BCUT2D eigenvalue weighted by Gasteiger charge is 2.39. The van der Waals surface area contributed by atoms with Crippen LogP contribution in [-0.4, -0.2) is 35.5 Å². The zero-order chi connectivity index (χ0) is 15.0. The molecule has 112 valence electrons. The molecule has 0 aromatic rings. The number of nitrogens with one attached hydrogen (secondary N) is 1. The number of hydrogen-bond donors (Lipinski definition) is 1. The molecule has 1 fully saturated rings. The molecular formula is C16H32N2O. The maximum atomic E-state index is 12.2. The van der Waals surface area contributed by atoms with Crippen molar-refractivity contribution >= 4 is 5.91 Å². The molecule has 0 spiro atoms. The van der Waals surface area contributed by atoms with Gasteiger partial charge in [0, 0.05) is 24.7 Å². The van der Waals surface area contributed by atoms with Crippen molar-refractivity contribution in [2.75, 3.05) is 13.1 Å². The SMILES string of the molecule is CC(NC(=O)C1CN(C(C)(C)C)C1)C(C)C(C)(C)C. The van der Waals surface area contributed by atoms with Gasteiger partial charge in [0.15, 0.2) is 0 Å². The van der Waals surface area contributed by atoms with Gasteiger partial charge in [-0.25, -0.2) is 0 Å². The van der Waals surface area contributed by atoms with Gasteiger partial charge in [-0.05, 0) is 39.0 Å². The summed E-state index contributed by atoms with van der Waals surface area (Å²) in [6, 6.07) is 0.233. The van der Waals surface area contributed by atoms with Gasteiger partial charge in [0.25, 0.3) is 0 Å². The first-order valence-corrected chi connectivity index (χ1v) is 7.48. The van der Waals surface area contributed by atoms with Crippen LogP contribution < -0.4 is 5.32 Å². The maximum absolute atomic E-state index is 12.2. The molecule has 0 saturated carbocycles. The summed E-state index contributed by atoms with van der Waals surface area (Å²) in [7, 11) is 0. The summed E-state index contributed by atoms with van der Waals surface area (Å²) in [6.45, 7) is 19.4. The quantitative estimate of drug-likeness (QED) is 0.853. The molecule has 0 aliphatic carbocycles. The minimum atomic E-state index is 0.175. The summed E-state index contributed by atoms with van der Waals surface area (Å²) in [5, 5.41) is 3.19. The van der Waals surface area contributed by atoms with E-state index in [1.807, 2.05) is 0 Å². The lowest BCUT2D eigenvalue weighted by Crippen LogP contribution is -2.61. The molecule has 0 aromatic heterocycles. The first-order chi connectivity index (χ1) is 8.43. The average molecular weight is 268 g/mol. The van der Waals surface area contributed by atoms with E-state index < -0.39 is 0 Å². The monoisotopic (exact) mass is 268 g/mol. The Balaban J connectivity index is 2.42. The normalized spacial score (nSPS) is 21.7. The predicted octanol–water partition coefficient (Wildman–Crippen LogP) is 2.90. The Hall–Kier alpha value is -0.570. The molecule has 2 atom stereocenters. The fourth-order valence-corrected chi connectivity index (χ4v) is 2.41. The Kier molecular flexibility index (Phi) is 4.71. The Morgan fingerprint density at radius 1 is 1.11 bits per heavy atom. The molecule has 1 aliphatic heterocycles. The summed E-state index contributed by atoms with van der Waals surface area (Å²) in [5.41, 5.74) is 0.408. The molecule has 1 amide bonds. The number of likely N-dealkylation sites (tertiary alicyclic amines) is 1. The maximum Gasteiger partial charge on any atom is 0.225 e. The van der Waals surface area contributed by atoms with Gasteiger partial charge in [-0.1, -0.05) is 27.7 Å². The highest BCUT2D eigenvalue weighted by atomic mass is 16.2. The average Bonchev–Trinajstić information content (AvgIpc) is 2.09. The van der Waals surface area contributed by atoms with Gasteiger partial charge >= 0.3 is 0 Å². The second-order valence-electron chi connectivity index (χ2n) is 8.22. The Morgan fingerprint density at radius 2 is 1.58 bits per heavy atom. The van der Waals surface area contributed by atoms with Crippen molar-refractivity contribution in [3.8, 4) is 0 Å². The number of rotatable bonds is 3. The molecule has 1 saturated heterocycles. The zero-order valence-corrected chi connectivity index (χ0v) is 14.0. The fourth-order valence-electron chi connectivity index (χ4n) is 2.41. The van der Waals surface area contributed by atoms with Crippen LogP contribution in [0, 0.1) is 17.3 Å². The van der Waals surface area contributed by atoms with Gasteiger partial charge in [-0.2, -0.15) is 0 Å². The van der Waals surface area contributed by atoms with Gasteiger partial charge in [0.1, 0.15) is 0 Å². The van der Waals surface area contributed by atoms with Crippen molar-refractivity contribution in [2.45, 2.75) is 67.0 Å². The second kappa shape index (κ2) is 5.43. The molecule has 0 aromatic carbocycles. The van der Waals surface area contributed by atoms with Crippen LogP contribution in [0.1, 0.15) is 55.4 Å². The number of carbonyl (C=O) groups excluding carboxylic acids is 1. The number of nitrogens with zero attached hydrogens (tertiary/aromatic N) is 1. The van der Waals surface area contributed by atoms with Crippen molar-refractivity contribution < 1.29 is 4.79 Å². The molecule has 2 unspecified atom stereocenters. The first kappa shape index (κ1) is 16.5. The molecule has 19 heavy (non-hydrogen) atoms. The molecule has 3 heteroatoms. The molecule has 1 rings (SSSR count). The lowest BCUT2D eigenvalue weighted by atomic mass is 9.78. The largest absolute Gasteiger partial charge is 0.353 e. The van der Waals surface area contributed by atoms with Crippen LogP contribution in [0.4, 0.5) is 0 Å². The standard InChI is InChI=1S/C16H32N2O/c1-11(15(3,4)5)12(2)17-14(19)13-9-18(10-13)16(6,7)8/h11-13H,9-10H2,1-8H3,(H,17,19). The highest BCUT2D eigenvalue weighted by Crippen LogP contribution is 2.29. The molecule has 1 heterocycles. The smallest absolute Gasteiger partial charge is 0.225 e. The van der Waals surface area contributed by atoms with Crippen LogP contribution in [0.25, 0.3) is 0 Å². The fraction of sp³-hybridized carbons (Fsp3) is 0.938. The minimum absolute atomic E-state index is 0.175. The van der Waals surface area contributed by atoms with Gasteiger partial charge < -0.3 is 5.32 Å². The molecule has 3 nitrogen and oxygen atoms in total. The third-order valence-electron chi connectivity index (χ3n) is 4.69. The Bertz CT molecular complexity index is 319. The van der Waals surface area contributed by atoms with E-state index in [-0.39, 0.29) is 28.8 Å². The summed E-state index contributed by atoms with van der Waals surface area (Å²) in [5.74, 6) is 0.869. The van der Waals surface area contributed by atoms with E-state index in [1.54, 1.807) is 0 Å². The third kappa shape index (κ3) is 4.20. The number of amides is 1. The van der Waals surface area contributed by atoms with Crippen molar-refractivity contribution in [3.05, 3.63) is 0 Å². The van der Waals surface area contributed by atoms with Crippen molar-refractivity contribution in [1.82, 2.24) is 10.2 Å². The second-order valence-corrected chi connectivity index (χ2v) is 8.22. The summed E-state index contributed by atoms with van der Waals surface area (Å²) >= 11 is 0. The van der Waals surface area contributed by atoms with Crippen LogP contribution >= 0.6 is 0 Å². The van der Waals surface area contributed by atoms with Crippen LogP contribution in [0.3, 0.4) is 0 Å². The van der Waals surface area contributed by atoms with E-state index in [9.17, 15) is 4.79 Å². The van der Waals surface area contributed by atoms with E-state index >= 15 is 0 Å². The van der Waals surface area contributed by atoms with Crippen LogP contribution in [0.15, 0.2) is 0 Å². The van der Waals surface area contributed by atoms with Crippen LogP contribution in [0.5, 0.6) is 0 Å². The van der Waals surface area contributed by atoms with Crippen molar-refractivity contribution in [3.63, 3.8) is 0 Å². The van der Waals surface area contributed by atoms with E-state index in [4.69, 9.17) is 0 Å². The number of carbonyl (C=O) groups is 1. The van der Waals surface area contributed by atoms with Gasteiger partial charge in [0.2, 0.25) is 5.91 Å². The van der Waals surface area contributed by atoms with E-state index in [0.717, 1.165) is 13.1 Å². The molecule has 1 N–H and O–H groups in total. The van der Waals surface area contributed by atoms with E-state index in [0.29, 0.717) is 5.92 Å². The Labute approximate surface area is 119 Å². The summed E-state index contributed by atoms with van der Waals surface area (Å²) < 4.78 is 0. The lowest BCUT2D eigenvalue weighted by molar-refractivity contribution is -0.133. The lowest BCUT2D eigenvalue weighted by Gasteiger charge is -2.47. The highest BCUT2D eigenvalue weighted by molar-refractivity contribution is 5.80. The summed E-state index contributed by atoms with van der Waals surface area (Å²) in [4.78, 5) is 14.6. The van der Waals surface area contributed by atoms with Gasteiger partial charge in [-0.3, -0.25) is 9.69 Å². The van der Waals surface area contributed by atoms with Gasteiger partial charge in [0.05, 0.1) is 5.92 Å². The predicted molar refractivity (Wildman–Crippen MR) is 81.0 cm³/mol. The van der Waals surface area contributed by atoms with E-state index in [2.05, 4.69) is 65.6 Å². The molecule has 0 bridgehead atoms. The first-order valence-electron chi connectivity index (χ1n) is 7.48.